The highest BCUT2D eigenvalue weighted by Gasteiger charge is 2.64. The van der Waals surface area contributed by atoms with Crippen molar-refractivity contribution >= 4 is 34.6 Å². The lowest BCUT2D eigenvalue weighted by Crippen LogP contribution is -2.65. The maximum atomic E-state index is 14.0. The number of phenols is 1. The van der Waals surface area contributed by atoms with Crippen LogP contribution in [0.25, 0.3) is 5.76 Å². The fourth-order valence-electron chi connectivity index (χ4n) is 6.69. The Hall–Kier alpha value is -3.57. The van der Waals surface area contributed by atoms with Crippen LogP contribution in [0.1, 0.15) is 51.2 Å². The van der Waals surface area contributed by atoms with Gasteiger partial charge in [0.05, 0.1) is 17.3 Å². The average Bonchev–Trinajstić information content (AvgIpc) is 2.85. The summed E-state index contributed by atoms with van der Waals surface area (Å²) in [4.78, 5) is 43.1. The minimum absolute atomic E-state index is 0.0107. The van der Waals surface area contributed by atoms with E-state index < -0.39 is 58.0 Å². The Morgan fingerprint density at radius 1 is 1.20 bits per heavy atom. The van der Waals surface area contributed by atoms with Crippen LogP contribution < -0.4 is 16.4 Å². The van der Waals surface area contributed by atoms with Crippen LogP contribution in [0.4, 0.5) is 11.4 Å². The number of hydrogen-bond donors (Lipinski definition) is 6. The Bertz CT molecular complexity index is 1330. The molecule has 40 heavy (non-hydrogen) atoms. The zero-order chi connectivity index (χ0) is 29.8. The highest BCUT2D eigenvalue weighted by Crippen LogP contribution is 2.54. The van der Waals surface area contributed by atoms with Gasteiger partial charge in [-0.05, 0) is 56.8 Å². The van der Waals surface area contributed by atoms with E-state index in [4.69, 9.17) is 11.5 Å². The van der Waals surface area contributed by atoms with Crippen molar-refractivity contribution in [2.75, 3.05) is 37.8 Å². The van der Waals surface area contributed by atoms with Gasteiger partial charge in [-0.2, -0.15) is 0 Å². The second-order valence-electron chi connectivity index (χ2n) is 11.8. The molecule has 1 saturated carbocycles. The van der Waals surface area contributed by atoms with Crippen LogP contribution in [-0.2, 0) is 20.8 Å². The van der Waals surface area contributed by atoms with Crippen molar-refractivity contribution in [1.82, 2.24) is 4.90 Å². The summed E-state index contributed by atoms with van der Waals surface area (Å²) in [7, 11) is 3.15. The predicted octanol–water partition coefficient (Wildman–Crippen LogP) is 1.81. The van der Waals surface area contributed by atoms with Crippen molar-refractivity contribution in [1.29, 1.82) is 0 Å². The minimum Gasteiger partial charge on any atom is -0.508 e. The first kappa shape index (κ1) is 29.4. The lowest BCUT2D eigenvalue weighted by molar-refractivity contribution is -0.153. The van der Waals surface area contributed by atoms with E-state index in [1.54, 1.807) is 20.2 Å². The molecule has 2 unspecified atom stereocenters. The number of unbranched alkanes of at least 4 members (excludes halogenated alkanes) is 1. The number of aliphatic hydroxyl groups excluding tert-OH is 2. The summed E-state index contributed by atoms with van der Waals surface area (Å²) in [6.45, 7) is 7.69. The quantitative estimate of drug-likeness (QED) is 0.156. The van der Waals surface area contributed by atoms with Crippen LogP contribution in [0.3, 0.4) is 0 Å². The van der Waals surface area contributed by atoms with E-state index in [-0.39, 0.29) is 35.4 Å². The van der Waals surface area contributed by atoms with Crippen molar-refractivity contribution in [2.45, 2.75) is 58.1 Å². The molecular weight excluding hydrogens is 516 g/mol. The first-order valence-corrected chi connectivity index (χ1v) is 13.7. The van der Waals surface area contributed by atoms with Gasteiger partial charge in [-0.15, -0.1) is 0 Å². The van der Waals surface area contributed by atoms with Crippen molar-refractivity contribution in [3.05, 3.63) is 34.1 Å². The highest BCUT2D eigenvalue weighted by atomic mass is 16.3. The van der Waals surface area contributed by atoms with Gasteiger partial charge in [0.1, 0.15) is 22.8 Å². The molecule has 1 fully saturated rings. The first-order valence-electron chi connectivity index (χ1n) is 13.7. The standard InChI is InChI=1S/C29H40N4O7/c1-6-7-8-33(12-13(2)3)18-11-17(30)23(34)20-15(18)9-14-10-16-22(32(4)5)25(36)21(28(31)39)27(38)29(16,40)26(37)19(14)24(20)35/h11,13-14,16,22,34-35,38,40H,6-10,12,30H2,1-5H3,(H2,31,39)/t14?,16?,22-,29-/m0/s1. The molecule has 0 bridgehead atoms. The normalized spacial score (nSPS) is 26.2. The number of amides is 1. The molecule has 11 heteroatoms. The highest BCUT2D eigenvalue weighted by molar-refractivity contribution is 6.24. The summed E-state index contributed by atoms with van der Waals surface area (Å²) >= 11 is 0. The summed E-state index contributed by atoms with van der Waals surface area (Å²) in [5.41, 5.74) is 9.27. The van der Waals surface area contributed by atoms with Crippen LogP contribution in [0, 0.1) is 17.8 Å². The average molecular weight is 557 g/mol. The number of likely N-dealkylation sites (N-methyl/N-ethyl adjacent to an activating group) is 1. The molecule has 1 aromatic rings. The fraction of sp³-hybridized carbons (Fsp3) is 0.552. The molecule has 1 aromatic carbocycles. The van der Waals surface area contributed by atoms with E-state index in [1.807, 2.05) is 0 Å². The number of ketones is 2. The third kappa shape index (κ3) is 4.32. The van der Waals surface area contributed by atoms with Crippen molar-refractivity contribution in [2.24, 2.45) is 23.5 Å². The van der Waals surface area contributed by atoms with E-state index in [9.17, 15) is 34.8 Å². The second-order valence-corrected chi connectivity index (χ2v) is 11.8. The van der Waals surface area contributed by atoms with Gasteiger partial charge in [-0.3, -0.25) is 19.3 Å². The molecule has 0 heterocycles. The molecule has 0 radical (unpaired) electrons. The number of carbonyl (C=O) groups excluding carboxylic acids is 3. The number of hydrogen-bond acceptors (Lipinski definition) is 10. The summed E-state index contributed by atoms with van der Waals surface area (Å²) in [6, 6.07) is 0.560. The number of Topliss-reactive ketones (excluding diaryl/α,β-unsaturated/α-hetero) is 2. The Balaban J connectivity index is 1.96. The molecule has 11 nitrogen and oxygen atoms in total. The summed E-state index contributed by atoms with van der Waals surface area (Å²) < 4.78 is 0. The SMILES string of the molecule is CCCCN(CC(C)C)c1cc(N)c(O)c2c1CC1CC3[C@H](N(C)C)C(=O)C(C(N)=O)=C(O)[C@@]3(O)C(=O)C1=C2O. The van der Waals surface area contributed by atoms with Gasteiger partial charge in [-0.25, -0.2) is 0 Å². The molecule has 4 rings (SSSR count). The number of phenolic OH excluding ortho intramolecular Hbond substituents is 1. The molecule has 0 saturated heterocycles. The summed E-state index contributed by atoms with van der Waals surface area (Å²) in [5, 5.41) is 45.3. The van der Waals surface area contributed by atoms with Gasteiger partial charge in [0.25, 0.3) is 5.91 Å². The maximum Gasteiger partial charge on any atom is 0.255 e. The Morgan fingerprint density at radius 3 is 2.40 bits per heavy atom. The van der Waals surface area contributed by atoms with E-state index >= 15 is 0 Å². The van der Waals surface area contributed by atoms with E-state index in [2.05, 4.69) is 25.7 Å². The number of nitrogens with two attached hydrogens (primary N) is 2. The molecule has 8 N–H and O–H groups in total. The molecule has 218 valence electrons. The topological polar surface area (TPSA) is 191 Å². The predicted molar refractivity (Wildman–Crippen MR) is 151 cm³/mol. The van der Waals surface area contributed by atoms with Gasteiger partial charge in [0.15, 0.2) is 11.4 Å². The fourth-order valence-corrected chi connectivity index (χ4v) is 6.69. The number of primary amides is 1. The number of fused-ring (bicyclic) bond motifs is 3. The van der Waals surface area contributed by atoms with Crippen molar-refractivity contribution in [3.63, 3.8) is 0 Å². The molecule has 0 aliphatic heterocycles. The molecule has 1 amide bonds. The van der Waals surface area contributed by atoms with Crippen LogP contribution in [0.2, 0.25) is 0 Å². The van der Waals surface area contributed by atoms with E-state index in [0.29, 0.717) is 18.0 Å². The zero-order valence-corrected chi connectivity index (χ0v) is 23.7. The Morgan fingerprint density at radius 2 is 1.85 bits per heavy atom. The van der Waals surface area contributed by atoms with Crippen LogP contribution in [0.15, 0.2) is 23.0 Å². The van der Waals surface area contributed by atoms with Gasteiger partial charge >= 0.3 is 0 Å². The molecule has 3 aliphatic rings. The summed E-state index contributed by atoms with van der Waals surface area (Å²) in [6.07, 6.45) is 2.13. The number of benzene rings is 1. The number of nitrogens with zero attached hydrogens (tertiary/aromatic N) is 2. The van der Waals surface area contributed by atoms with Crippen molar-refractivity contribution < 1.29 is 34.8 Å². The van der Waals surface area contributed by atoms with Gasteiger partial charge in [0.2, 0.25) is 5.78 Å². The molecular formula is C29H40N4O7. The smallest absolute Gasteiger partial charge is 0.255 e. The largest absolute Gasteiger partial charge is 0.508 e. The van der Waals surface area contributed by atoms with Crippen LogP contribution >= 0.6 is 0 Å². The zero-order valence-electron chi connectivity index (χ0n) is 23.7. The Kier molecular flexibility index (Phi) is 7.68. The van der Waals surface area contributed by atoms with E-state index in [0.717, 1.165) is 25.1 Å². The van der Waals surface area contributed by atoms with Crippen molar-refractivity contribution in [3.8, 4) is 5.75 Å². The van der Waals surface area contributed by atoms with Crippen LogP contribution in [0.5, 0.6) is 5.75 Å². The lowest BCUT2D eigenvalue weighted by Gasteiger charge is -2.50. The minimum atomic E-state index is -2.67. The number of aromatic hydroxyl groups is 1. The molecule has 3 aliphatic carbocycles. The van der Waals surface area contributed by atoms with E-state index in [1.165, 1.54) is 4.90 Å². The number of anilines is 2. The molecule has 0 spiro atoms. The van der Waals surface area contributed by atoms with Crippen LogP contribution in [-0.4, -0.2) is 81.6 Å². The number of rotatable bonds is 8. The monoisotopic (exact) mass is 556 g/mol. The lowest BCUT2D eigenvalue weighted by atomic mass is 9.57. The number of nitrogen functional groups attached to an aromatic ring is 1. The van der Waals surface area contributed by atoms with Gasteiger partial charge < -0.3 is 36.8 Å². The molecule has 0 aromatic heterocycles. The third-order valence-electron chi connectivity index (χ3n) is 8.43. The van der Waals surface area contributed by atoms with Gasteiger partial charge in [-0.1, -0.05) is 27.2 Å². The summed E-state index contributed by atoms with van der Waals surface area (Å²) in [5.74, 6) is -6.57. The number of aliphatic hydroxyl groups is 3. The second kappa shape index (κ2) is 10.4. The number of carbonyl (C=O) groups is 3. The Labute approximate surface area is 233 Å². The third-order valence-corrected chi connectivity index (χ3v) is 8.43. The first-order chi connectivity index (χ1) is 18.7. The van der Waals surface area contributed by atoms with Gasteiger partial charge in [0, 0.05) is 30.3 Å². The maximum absolute atomic E-state index is 14.0. The molecule has 4 atom stereocenters.